The molecule has 1 aliphatic rings. The summed E-state index contributed by atoms with van der Waals surface area (Å²) in [6.07, 6.45) is 3.99. The van der Waals surface area contributed by atoms with Gasteiger partial charge in [0.1, 0.15) is 0 Å². The Morgan fingerprint density at radius 3 is 2.67 bits per heavy atom. The maximum Gasteiger partial charge on any atom is 0.274 e. The van der Waals surface area contributed by atoms with Crippen molar-refractivity contribution in [3.8, 4) is 0 Å². The van der Waals surface area contributed by atoms with Crippen LogP contribution in [-0.4, -0.2) is 22.2 Å². The predicted molar refractivity (Wildman–Crippen MR) is 69.7 cm³/mol. The second-order valence-electron chi connectivity index (χ2n) is 5.03. The number of aliphatic hydroxyl groups excluding tert-OH is 1. The third-order valence-electron chi connectivity index (χ3n) is 3.68. The Kier molecular flexibility index (Phi) is 3.52. The summed E-state index contributed by atoms with van der Waals surface area (Å²) in [5.74, 6) is 0. The van der Waals surface area contributed by atoms with Crippen molar-refractivity contribution < 1.29 is 10.0 Å². The minimum Gasteiger partial charge on any atom is -0.394 e. The SMILES string of the molecule is Cc1ccc(NC2(CO)CCCC2)cc1[N+](=O)[O-]. The molecule has 0 atom stereocenters. The molecule has 0 heterocycles. The number of hydrogen-bond acceptors (Lipinski definition) is 4. The molecule has 1 saturated carbocycles. The van der Waals surface area contributed by atoms with Crippen molar-refractivity contribution >= 4 is 11.4 Å². The predicted octanol–water partition coefficient (Wildman–Crippen LogP) is 2.62. The van der Waals surface area contributed by atoms with Gasteiger partial charge in [-0.3, -0.25) is 10.1 Å². The molecule has 0 saturated heterocycles. The van der Waals surface area contributed by atoms with E-state index in [9.17, 15) is 15.2 Å². The van der Waals surface area contributed by atoms with Crippen LogP contribution in [-0.2, 0) is 0 Å². The van der Waals surface area contributed by atoms with Crippen molar-refractivity contribution in [1.29, 1.82) is 0 Å². The summed E-state index contributed by atoms with van der Waals surface area (Å²) < 4.78 is 0. The van der Waals surface area contributed by atoms with Crippen LogP contribution in [0, 0.1) is 17.0 Å². The lowest BCUT2D eigenvalue weighted by Crippen LogP contribution is -2.38. The first kappa shape index (κ1) is 12.8. The topological polar surface area (TPSA) is 75.4 Å². The second-order valence-corrected chi connectivity index (χ2v) is 5.03. The zero-order chi connectivity index (χ0) is 13.2. The second kappa shape index (κ2) is 4.94. The summed E-state index contributed by atoms with van der Waals surface area (Å²) in [6.45, 7) is 1.79. The molecule has 1 aliphatic carbocycles. The smallest absolute Gasteiger partial charge is 0.274 e. The van der Waals surface area contributed by atoms with Gasteiger partial charge in [-0.2, -0.15) is 0 Å². The summed E-state index contributed by atoms with van der Waals surface area (Å²) in [5, 5.41) is 23.7. The standard InChI is InChI=1S/C13H18N2O3/c1-10-4-5-11(8-12(10)15(17)18)14-13(9-16)6-2-3-7-13/h4-5,8,14,16H,2-3,6-7,9H2,1H3. The maximum atomic E-state index is 10.9. The van der Waals surface area contributed by atoms with Crippen LogP contribution in [0.25, 0.3) is 0 Å². The largest absolute Gasteiger partial charge is 0.394 e. The Bertz CT molecular complexity index is 454. The van der Waals surface area contributed by atoms with Crippen LogP contribution in [0.5, 0.6) is 0 Å². The van der Waals surface area contributed by atoms with E-state index in [-0.39, 0.29) is 22.8 Å². The fraction of sp³-hybridized carbons (Fsp3) is 0.538. The number of nitrogens with one attached hydrogen (secondary N) is 1. The average Bonchev–Trinajstić information content (AvgIpc) is 2.80. The van der Waals surface area contributed by atoms with Crippen molar-refractivity contribution in [2.24, 2.45) is 0 Å². The highest BCUT2D eigenvalue weighted by Gasteiger charge is 2.33. The van der Waals surface area contributed by atoms with Gasteiger partial charge in [-0.15, -0.1) is 0 Å². The average molecular weight is 250 g/mol. The Hall–Kier alpha value is -1.62. The van der Waals surface area contributed by atoms with Crippen LogP contribution >= 0.6 is 0 Å². The third-order valence-corrected chi connectivity index (χ3v) is 3.68. The molecule has 0 amide bonds. The Morgan fingerprint density at radius 2 is 2.11 bits per heavy atom. The quantitative estimate of drug-likeness (QED) is 0.636. The van der Waals surface area contributed by atoms with E-state index >= 15 is 0 Å². The van der Waals surface area contributed by atoms with Gasteiger partial charge >= 0.3 is 0 Å². The first-order chi connectivity index (χ1) is 8.56. The van der Waals surface area contributed by atoms with Crippen LogP contribution in [0.4, 0.5) is 11.4 Å². The molecule has 1 aromatic rings. The van der Waals surface area contributed by atoms with E-state index in [4.69, 9.17) is 0 Å². The van der Waals surface area contributed by atoms with Crippen molar-refractivity contribution in [1.82, 2.24) is 0 Å². The first-order valence-corrected chi connectivity index (χ1v) is 6.20. The molecule has 5 heteroatoms. The highest BCUT2D eigenvalue weighted by Crippen LogP contribution is 2.34. The maximum absolute atomic E-state index is 10.9. The molecule has 2 rings (SSSR count). The molecular formula is C13H18N2O3. The summed E-state index contributed by atoms with van der Waals surface area (Å²) in [5.41, 5.74) is 1.17. The van der Waals surface area contributed by atoms with Gasteiger partial charge in [-0.1, -0.05) is 18.9 Å². The van der Waals surface area contributed by atoms with Crippen LogP contribution in [0.1, 0.15) is 31.2 Å². The van der Waals surface area contributed by atoms with Crippen LogP contribution in [0.3, 0.4) is 0 Å². The molecule has 0 unspecified atom stereocenters. The Labute approximate surface area is 106 Å². The van der Waals surface area contributed by atoms with Gasteiger partial charge in [0.2, 0.25) is 0 Å². The molecule has 1 aromatic carbocycles. The lowest BCUT2D eigenvalue weighted by atomic mass is 9.98. The molecule has 0 spiro atoms. The zero-order valence-corrected chi connectivity index (χ0v) is 10.5. The number of aliphatic hydroxyl groups is 1. The zero-order valence-electron chi connectivity index (χ0n) is 10.5. The summed E-state index contributed by atoms with van der Waals surface area (Å²) in [7, 11) is 0. The molecule has 18 heavy (non-hydrogen) atoms. The number of anilines is 1. The Balaban J connectivity index is 2.24. The molecular weight excluding hydrogens is 232 g/mol. The molecule has 0 radical (unpaired) electrons. The first-order valence-electron chi connectivity index (χ1n) is 6.20. The van der Waals surface area contributed by atoms with Gasteiger partial charge in [-0.05, 0) is 25.8 Å². The van der Waals surface area contributed by atoms with Gasteiger partial charge in [-0.25, -0.2) is 0 Å². The molecule has 98 valence electrons. The fourth-order valence-corrected chi connectivity index (χ4v) is 2.56. The van der Waals surface area contributed by atoms with Crippen LogP contribution < -0.4 is 5.32 Å². The van der Waals surface area contributed by atoms with Crippen molar-refractivity contribution in [2.45, 2.75) is 38.1 Å². The van der Waals surface area contributed by atoms with E-state index < -0.39 is 0 Å². The van der Waals surface area contributed by atoms with Gasteiger partial charge in [0.05, 0.1) is 17.1 Å². The van der Waals surface area contributed by atoms with E-state index in [1.54, 1.807) is 19.1 Å². The third kappa shape index (κ3) is 2.46. The van der Waals surface area contributed by atoms with Gasteiger partial charge in [0.25, 0.3) is 5.69 Å². The van der Waals surface area contributed by atoms with Crippen LogP contribution in [0.2, 0.25) is 0 Å². The number of nitrogens with zero attached hydrogens (tertiary/aromatic N) is 1. The molecule has 5 nitrogen and oxygen atoms in total. The number of benzene rings is 1. The molecule has 2 N–H and O–H groups in total. The van der Waals surface area contributed by atoms with E-state index in [0.717, 1.165) is 25.7 Å². The van der Waals surface area contributed by atoms with Gasteiger partial charge < -0.3 is 10.4 Å². The van der Waals surface area contributed by atoms with Crippen molar-refractivity contribution in [3.63, 3.8) is 0 Å². The number of nitro groups is 1. The highest BCUT2D eigenvalue weighted by atomic mass is 16.6. The minimum absolute atomic E-state index is 0.0642. The number of rotatable bonds is 4. The molecule has 1 fully saturated rings. The summed E-state index contributed by atoms with van der Waals surface area (Å²) in [6, 6.07) is 5.11. The van der Waals surface area contributed by atoms with Crippen LogP contribution in [0.15, 0.2) is 18.2 Å². The number of hydrogen-bond donors (Lipinski definition) is 2. The lowest BCUT2D eigenvalue weighted by Gasteiger charge is -2.29. The molecule has 0 bridgehead atoms. The summed E-state index contributed by atoms with van der Waals surface area (Å²) >= 11 is 0. The van der Waals surface area contributed by atoms with Crippen molar-refractivity contribution in [2.75, 3.05) is 11.9 Å². The number of aryl methyl sites for hydroxylation is 1. The van der Waals surface area contributed by atoms with E-state index in [2.05, 4.69) is 5.32 Å². The molecule has 0 aliphatic heterocycles. The van der Waals surface area contributed by atoms with Gasteiger partial charge in [0, 0.05) is 17.3 Å². The lowest BCUT2D eigenvalue weighted by molar-refractivity contribution is -0.385. The van der Waals surface area contributed by atoms with Gasteiger partial charge in [0.15, 0.2) is 0 Å². The van der Waals surface area contributed by atoms with Crippen molar-refractivity contribution in [3.05, 3.63) is 33.9 Å². The minimum atomic E-state index is -0.374. The molecule has 0 aromatic heterocycles. The van der Waals surface area contributed by atoms with E-state index in [0.29, 0.717) is 11.3 Å². The van der Waals surface area contributed by atoms with E-state index in [1.807, 2.05) is 6.07 Å². The summed E-state index contributed by atoms with van der Waals surface area (Å²) in [4.78, 5) is 10.5. The number of nitro benzene ring substituents is 1. The normalized spacial score (nSPS) is 17.7. The highest BCUT2D eigenvalue weighted by molar-refractivity contribution is 5.56. The fourth-order valence-electron chi connectivity index (χ4n) is 2.56. The monoisotopic (exact) mass is 250 g/mol. The van der Waals surface area contributed by atoms with E-state index in [1.165, 1.54) is 0 Å². The Morgan fingerprint density at radius 1 is 1.44 bits per heavy atom.